The summed E-state index contributed by atoms with van der Waals surface area (Å²) in [6.07, 6.45) is 0.836. The van der Waals surface area contributed by atoms with Crippen LogP contribution in [0.2, 0.25) is 0 Å². The molecule has 0 aliphatic carbocycles. The third-order valence-electron chi connectivity index (χ3n) is 4.65. The summed E-state index contributed by atoms with van der Waals surface area (Å²) in [7, 11) is 1.63. The van der Waals surface area contributed by atoms with Crippen LogP contribution in [-0.4, -0.2) is 33.3 Å². The van der Waals surface area contributed by atoms with Gasteiger partial charge in [-0.15, -0.1) is 16.9 Å². The van der Waals surface area contributed by atoms with Crippen LogP contribution in [0.5, 0.6) is 6.01 Å². The van der Waals surface area contributed by atoms with Crippen molar-refractivity contribution >= 4 is 17.5 Å². The quantitative estimate of drug-likeness (QED) is 0.605. The maximum atomic E-state index is 5.50. The van der Waals surface area contributed by atoms with Crippen molar-refractivity contribution in [3.63, 3.8) is 0 Å². The molecule has 138 valence electrons. The standard InChI is InChI=1S/C21H22N4OS/c1-4-16-20-23-24-21(26-3)25(20)17-12-8-6-10-14(17)19(22-16)15-11-7-9-13-18(15)27-5-2/h6-13,16H,4-5H2,1-3H3. The van der Waals surface area contributed by atoms with Gasteiger partial charge in [0.05, 0.1) is 18.5 Å². The molecule has 1 aliphatic heterocycles. The number of thioether (sulfide) groups is 1. The van der Waals surface area contributed by atoms with E-state index in [1.165, 1.54) is 4.90 Å². The van der Waals surface area contributed by atoms with Crippen molar-refractivity contribution in [2.75, 3.05) is 12.9 Å². The van der Waals surface area contributed by atoms with E-state index in [0.717, 1.165) is 40.5 Å². The van der Waals surface area contributed by atoms with E-state index in [4.69, 9.17) is 9.73 Å². The summed E-state index contributed by atoms with van der Waals surface area (Å²) in [5.41, 5.74) is 4.23. The Morgan fingerprint density at radius 1 is 1.00 bits per heavy atom. The largest absolute Gasteiger partial charge is 0.467 e. The van der Waals surface area contributed by atoms with E-state index < -0.39 is 0 Å². The van der Waals surface area contributed by atoms with Crippen LogP contribution in [0.4, 0.5) is 0 Å². The predicted molar refractivity (Wildman–Crippen MR) is 109 cm³/mol. The summed E-state index contributed by atoms with van der Waals surface area (Å²) in [4.78, 5) is 6.41. The number of aliphatic imine (C=N–C) groups is 1. The van der Waals surface area contributed by atoms with E-state index in [-0.39, 0.29) is 6.04 Å². The highest BCUT2D eigenvalue weighted by Crippen LogP contribution is 2.36. The Bertz CT molecular complexity index is 995. The Labute approximate surface area is 163 Å². The molecule has 0 saturated heterocycles. The molecule has 2 heterocycles. The molecule has 3 aromatic rings. The molecule has 5 nitrogen and oxygen atoms in total. The van der Waals surface area contributed by atoms with Crippen LogP contribution in [0.3, 0.4) is 0 Å². The van der Waals surface area contributed by atoms with Gasteiger partial charge in [-0.25, -0.2) is 4.57 Å². The number of hydrogen-bond donors (Lipinski definition) is 0. The topological polar surface area (TPSA) is 52.3 Å². The average Bonchev–Trinajstić information content (AvgIpc) is 3.08. The highest BCUT2D eigenvalue weighted by atomic mass is 32.2. The first kappa shape index (κ1) is 17.8. The Morgan fingerprint density at radius 3 is 2.48 bits per heavy atom. The fourth-order valence-electron chi connectivity index (χ4n) is 3.44. The third kappa shape index (κ3) is 3.04. The summed E-state index contributed by atoms with van der Waals surface area (Å²) in [6, 6.07) is 17.2. The Hall–Kier alpha value is -2.60. The van der Waals surface area contributed by atoms with Crippen molar-refractivity contribution in [3.8, 4) is 11.7 Å². The number of ether oxygens (including phenoxy) is 1. The molecule has 0 bridgehead atoms. The van der Waals surface area contributed by atoms with Crippen LogP contribution in [0, 0.1) is 0 Å². The van der Waals surface area contributed by atoms with Crippen LogP contribution < -0.4 is 4.74 Å². The maximum absolute atomic E-state index is 5.50. The monoisotopic (exact) mass is 378 g/mol. The number of fused-ring (bicyclic) bond motifs is 3. The molecule has 4 rings (SSSR count). The van der Waals surface area contributed by atoms with Crippen molar-refractivity contribution in [1.29, 1.82) is 0 Å². The molecule has 1 unspecified atom stereocenters. The number of para-hydroxylation sites is 1. The minimum Gasteiger partial charge on any atom is -0.467 e. The van der Waals surface area contributed by atoms with Gasteiger partial charge in [0.25, 0.3) is 0 Å². The van der Waals surface area contributed by atoms with Gasteiger partial charge in [0.2, 0.25) is 0 Å². The highest BCUT2D eigenvalue weighted by molar-refractivity contribution is 7.99. The SMILES string of the molecule is CCSc1ccccc1C1=NC(CC)c2nnc(OC)n2-c2ccccc21. The van der Waals surface area contributed by atoms with Crippen LogP contribution in [-0.2, 0) is 0 Å². The molecule has 2 aromatic carbocycles. The summed E-state index contributed by atoms with van der Waals surface area (Å²) < 4.78 is 7.49. The van der Waals surface area contributed by atoms with Crippen molar-refractivity contribution in [1.82, 2.24) is 14.8 Å². The van der Waals surface area contributed by atoms with E-state index >= 15 is 0 Å². The molecule has 1 atom stereocenters. The van der Waals surface area contributed by atoms with E-state index in [2.05, 4.69) is 60.4 Å². The van der Waals surface area contributed by atoms with Gasteiger partial charge >= 0.3 is 6.01 Å². The second-order valence-corrected chi connectivity index (χ2v) is 7.53. The van der Waals surface area contributed by atoms with E-state index in [9.17, 15) is 0 Å². The lowest BCUT2D eigenvalue weighted by Crippen LogP contribution is -2.09. The van der Waals surface area contributed by atoms with Crippen molar-refractivity contribution in [3.05, 3.63) is 65.5 Å². The molecule has 1 aromatic heterocycles. The number of nitrogens with zero attached hydrogens (tertiary/aromatic N) is 4. The fraction of sp³-hybridized carbons (Fsp3) is 0.286. The van der Waals surface area contributed by atoms with Crippen molar-refractivity contribution < 1.29 is 4.74 Å². The summed E-state index contributed by atoms with van der Waals surface area (Å²) >= 11 is 1.84. The number of hydrogen-bond acceptors (Lipinski definition) is 5. The number of benzene rings is 2. The van der Waals surface area contributed by atoms with E-state index in [1.807, 2.05) is 28.5 Å². The van der Waals surface area contributed by atoms with Crippen LogP contribution in [0.15, 0.2) is 58.4 Å². The van der Waals surface area contributed by atoms with Gasteiger partial charge in [0.15, 0.2) is 5.82 Å². The Balaban J connectivity index is 2.00. The second-order valence-electron chi connectivity index (χ2n) is 6.23. The lowest BCUT2D eigenvalue weighted by molar-refractivity contribution is 0.370. The summed E-state index contributed by atoms with van der Waals surface area (Å²) in [5.74, 6) is 1.83. The van der Waals surface area contributed by atoms with Gasteiger partial charge in [0.1, 0.15) is 6.04 Å². The molecule has 0 radical (unpaired) electrons. The summed E-state index contributed by atoms with van der Waals surface area (Å²) in [5, 5.41) is 8.62. The van der Waals surface area contributed by atoms with Crippen LogP contribution in [0.1, 0.15) is 43.3 Å². The van der Waals surface area contributed by atoms with Gasteiger partial charge in [-0.1, -0.05) is 55.3 Å². The second kappa shape index (κ2) is 7.56. The first-order valence-corrected chi connectivity index (χ1v) is 10.2. The number of rotatable bonds is 5. The molecular weight excluding hydrogens is 356 g/mol. The molecule has 0 saturated carbocycles. The van der Waals surface area contributed by atoms with Gasteiger partial charge < -0.3 is 4.74 Å². The fourth-order valence-corrected chi connectivity index (χ4v) is 4.25. The summed E-state index contributed by atoms with van der Waals surface area (Å²) in [6.45, 7) is 4.30. The van der Waals surface area contributed by atoms with Crippen molar-refractivity contribution in [2.45, 2.75) is 31.2 Å². The average molecular weight is 379 g/mol. The maximum Gasteiger partial charge on any atom is 0.321 e. The minimum absolute atomic E-state index is 0.0801. The lowest BCUT2D eigenvalue weighted by atomic mass is 10.0. The van der Waals surface area contributed by atoms with Crippen LogP contribution in [0.25, 0.3) is 5.69 Å². The molecular formula is C21H22N4OS. The third-order valence-corrected chi connectivity index (χ3v) is 5.61. The zero-order valence-corrected chi connectivity index (χ0v) is 16.5. The van der Waals surface area contributed by atoms with Gasteiger partial charge in [-0.2, -0.15) is 0 Å². The molecule has 27 heavy (non-hydrogen) atoms. The van der Waals surface area contributed by atoms with Gasteiger partial charge in [0, 0.05) is 16.0 Å². The predicted octanol–water partition coefficient (Wildman–Crippen LogP) is 4.69. The zero-order valence-electron chi connectivity index (χ0n) is 15.7. The smallest absolute Gasteiger partial charge is 0.321 e. The first-order chi connectivity index (χ1) is 13.3. The Morgan fingerprint density at radius 2 is 1.74 bits per heavy atom. The lowest BCUT2D eigenvalue weighted by Gasteiger charge is -2.14. The van der Waals surface area contributed by atoms with Crippen LogP contribution >= 0.6 is 11.8 Å². The normalized spacial score (nSPS) is 15.5. The molecule has 0 spiro atoms. The number of methoxy groups -OCH3 is 1. The minimum atomic E-state index is -0.0801. The first-order valence-electron chi connectivity index (χ1n) is 9.17. The van der Waals surface area contributed by atoms with Crippen molar-refractivity contribution in [2.24, 2.45) is 4.99 Å². The zero-order chi connectivity index (χ0) is 18.8. The van der Waals surface area contributed by atoms with E-state index in [0.29, 0.717) is 6.01 Å². The number of aromatic nitrogens is 3. The molecule has 1 aliphatic rings. The molecule has 0 fully saturated rings. The molecule has 0 N–H and O–H groups in total. The highest BCUT2D eigenvalue weighted by Gasteiger charge is 2.29. The Kier molecular flexibility index (Phi) is 4.99. The molecule has 0 amide bonds. The molecule has 6 heteroatoms. The van der Waals surface area contributed by atoms with Gasteiger partial charge in [-0.3, -0.25) is 4.99 Å². The van der Waals surface area contributed by atoms with Gasteiger partial charge in [-0.05, 0) is 24.3 Å². The van der Waals surface area contributed by atoms with E-state index in [1.54, 1.807) is 7.11 Å².